The zero-order valence-corrected chi connectivity index (χ0v) is 15.5. The molecule has 0 saturated carbocycles. The zero-order valence-electron chi connectivity index (χ0n) is 12.2. The molecule has 2 aromatic heterocycles. The summed E-state index contributed by atoms with van der Waals surface area (Å²) in [4.78, 5) is 17.8. The molecule has 0 saturated heterocycles. The van der Waals surface area contributed by atoms with Crippen LogP contribution in [-0.2, 0) is 6.42 Å². The highest BCUT2D eigenvalue weighted by molar-refractivity contribution is 9.10. The molecule has 5 heteroatoms. The maximum atomic E-state index is 13.1. The summed E-state index contributed by atoms with van der Waals surface area (Å²) in [5.41, 5.74) is 2.02. The summed E-state index contributed by atoms with van der Waals surface area (Å²) < 4.78 is 0.934. The van der Waals surface area contributed by atoms with Gasteiger partial charge in [-0.15, -0.1) is 22.7 Å². The van der Waals surface area contributed by atoms with Crippen LogP contribution < -0.4 is 0 Å². The Balaban J connectivity index is 1.77. The number of nitrogens with zero attached hydrogens (tertiary/aromatic N) is 1. The lowest BCUT2D eigenvalue weighted by atomic mass is 9.97. The molecule has 1 aliphatic rings. The summed E-state index contributed by atoms with van der Waals surface area (Å²) in [6, 6.07) is 14.0. The molecule has 0 aliphatic carbocycles. The molecule has 1 aromatic carbocycles. The number of benzene rings is 1. The number of hydrogen-bond acceptors (Lipinski definition) is 3. The van der Waals surface area contributed by atoms with Crippen molar-refractivity contribution in [3.8, 4) is 0 Å². The highest BCUT2D eigenvalue weighted by atomic mass is 79.9. The van der Waals surface area contributed by atoms with Crippen LogP contribution in [0.15, 0.2) is 57.7 Å². The number of halogens is 1. The van der Waals surface area contributed by atoms with E-state index in [0.717, 1.165) is 23.0 Å². The van der Waals surface area contributed by atoms with Gasteiger partial charge < -0.3 is 4.90 Å². The fourth-order valence-corrected chi connectivity index (χ4v) is 5.23. The monoisotopic (exact) mass is 403 g/mol. The van der Waals surface area contributed by atoms with Crippen LogP contribution in [0.25, 0.3) is 0 Å². The molecule has 1 aliphatic heterocycles. The van der Waals surface area contributed by atoms with Gasteiger partial charge in [0.2, 0.25) is 0 Å². The molecule has 0 bridgehead atoms. The first-order valence-corrected chi connectivity index (χ1v) is 9.95. The van der Waals surface area contributed by atoms with Crippen molar-refractivity contribution in [1.29, 1.82) is 0 Å². The van der Waals surface area contributed by atoms with Crippen molar-refractivity contribution in [2.24, 2.45) is 0 Å². The Bertz CT molecular complexity index is 840. The van der Waals surface area contributed by atoms with Crippen LogP contribution in [0.3, 0.4) is 0 Å². The Morgan fingerprint density at radius 2 is 2.04 bits per heavy atom. The first-order valence-electron chi connectivity index (χ1n) is 7.40. The predicted octanol–water partition coefficient (Wildman–Crippen LogP) is 5.36. The van der Waals surface area contributed by atoms with Gasteiger partial charge in [-0.3, -0.25) is 4.79 Å². The molecule has 116 valence electrons. The first kappa shape index (κ1) is 15.1. The van der Waals surface area contributed by atoms with Gasteiger partial charge in [-0.05, 0) is 53.1 Å². The molecule has 23 heavy (non-hydrogen) atoms. The highest BCUT2D eigenvalue weighted by Crippen LogP contribution is 2.40. The standard InChI is InChI=1S/C18H14BrNOS2/c19-13-4-1-3-12(11-13)18(21)20-8-6-15-14(7-10-23-15)17(20)16-5-2-9-22-16/h1-5,7,9-11,17H,6,8H2/t17-/m0/s1. The Labute approximate surface area is 151 Å². The molecule has 0 spiro atoms. The third-order valence-electron chi connectivity index (χ3n) is 4.11. The van der Waals surface area contributed by atoms with Crippen LogP contribution in [0.5, 0.6) is 0 Å². The van der Waals surface area contributed by atoms with Gasteiger partial charge in [0.25, 0.3) is 5.91 Å². The summed E-state index contributed by atoms with van der Waals surface area (Å²) in [7, 11) is 0. The van der Waals surface area contributed by atoms with E-state index >= 15 is 0 Å². The molecule has 4 rings (SSSR count). The lowest BCUT2D eigenvalue weighted by Gasteiger charge is -2.35. The lowest BCUT2D eigenvalue weighted by Crippen LogP contribution is -2.39. The van der Waals surface area contributed by atoms with Gasteiger partial charge in [0.05, 0.1) is 6.04 Å². The van der Waals surface area contributed by atoms with Crippen molar-refractivity contribution in [3.05, 3.63) is 78.6 Å². The van der Waals surface area contributed by atoms with Crippen LogP contribution in [0.1, 0.15) is 31.7 Å². The van der Waals surface area contributed by atoms with Gasteiger partial charge in [0.1, 0.15) is 0 Å². The largest absolute Gasteiger partial charge is 0.326 e. The summed E-state index contributed by atoms with van der Waals surface area (Å²) in [6.07, 6.45) is 0.939. The summed E-state index contributed by atoms with van der Waals surface area (Å²) in [6.45, 7) is 0.765. The van der Waals surface area contributed by atoms with E-state index in [-0.39, 0.29) is 11.9 Å². The second-order valence-corrected chi connectivity index (χ2v) is 8.37. The Hall–Kier alpha value is -1.43. The number of thiophene rings is 2. The average Bonchev–Trinajstić information content (AvgIpc) is 3.24. The van der Waals surface area contributed by atoms with Crippen LogP contribution in [0.2, 0.25) is 0 Å². The van der Waals surface area contributed by atoms with Crippen molar-refractivity contribution in [1.82, 2.24) is 4.90 Å². The molecule has 0 fully saturated rings. The lowest BCUT2D eigenvalue weighted by molar-refractivity contribution is 0.0698. The second kappa shape index (κ2) is 6.23. The minimum Gasteiger partial charge on any atom is -0.326 e. The SMILES string of the molecule is O=C(c1cccc(Br)c1)N1CCc2sccc2[C@H]1c1cccs1. The molecule has 3 aromatic rings. The van der Waals surface area contributed by atoms with Crippen molar-refractivity contribution < 1.29 is 4.79 Å². The average molecular weight is 404 g/mol. The van der Waals surface area contributed by atoms with Gasteiger partial charge in [0, 0.05) is 26.3 Å². The van der Waals surface area contributed by atoms with Crippen molar-refractivity contribution >= 4 is 44.5 Å². The Morgan fingerprint density at radius 3 is 2.83 bits per heavy atom. The molecule has 0 N–H and O–H groups in total. The van der Waals surface area contributed by atoms with Gasteiger partial charge >= 0.3 is 0 Å². The van der Waals surface area contributed by atoms with Crippen molar-refractivity contribution in [2.45, 2.75) is 12.5 Å². The molecule has 3 heterocycles. The van der Waals surface area contributed by atoms with E-state index in [9.17, 15) is 4.79 Å². The van der Waals surface area contributed by atoms with E-state index in [1.165, 1.54) is 15.3 Å². The molecule has 1 atom stereocenters. The van der Waals surface area contributed by atoms with Gasteiger partial charge in [-0.25, -0.2) is 0 Å². The maximum Gasteiger partial charge on any atom is 0.254 e. The van der Waals surface area contributed by atoms with Crippen LogP contribution in [0.4, 0.5) is 0 Å². The quantitative estimate of drug-likeness (QED) is 0.563. The third-order valence-corrected chi connectivity index (χ3v) is 6.53. The molecule has 1 amide bonds. The third kappa shape index (κ3) is 2.77. The second-order valence-electron chi connectivity index (χ2n) is 5.48. The summed E-state index contributed by atoms with van der Waals surface area (Å²) in [5.74, 6) is 0.0987. The number of amides is 1. The number of fused-ring (bicyclic) bond motifs is 1. The minimum atomic E-state index is 0.0384. The molecular weight excluding hydrogens is 390 g/mol. The fraction of sp³-hybridized carbons (Fsp3) is 0.167. The first-order chi connectivity index (χ1) is 11.2. The normalized spacial score (nSPS) is 17.1. The Morgan fingerprint density at radius 1 is 1.13 bits per heavy atom. The summed E-state index contributed by atoms with van der Waals surface area (Å²) >= 11 is 6.98. The van der Waals surface area contributed by atoms with Crippen molar-refractivity contribution in [2.75, 3.05) is 6.54 Å². The molecule has 0 radical (unpaired) electrons. The molecule has 0 unspecified atom stereocenters. The zero-order chi connectivity index (χ0) is 15.8. The van der Waals surface area contributed by atoms with E-state index in [4.69, 9.17) is 0 Å². The number of carbonyl (C=O) groups is 1. The molecular formula is C18H14BrNOS2. The van der Waals surface area contributed by atoms with Crippen molar-refractivity contribution in [3.63, 3.8) is 0 Å². The van der Waals surface area contributed by atoms with Crippen LogP contribution >= 0.6 is 38.6 Å². The van der Waals surface area contributed by atoms with E-state index in [0.29, 0.717) is 0 Å². The van der Waals surface area contributed by atoms with E-state index in [1.54, 1.807) is 22.7 Å². The Kier molecular flexibility index (Phi) is 4.09. The van der Waals surface area contributed by atoms with E-state index < -0.39 is 0 Å². The topological polar surface area (TPSA) is 20.3 Å². The molecule has 2 nitrogen and oxygen atoms in total. The van der Waals surface area contributed by atoms with Gasteiger partial charge in [-0.1, -0.05) is 28.1 Å². The van der Waals surface area contributed by atoms with Crippen LogP contribution in [-0.4, -0.2) is 17.4 Å². The highest BCUT2D eigenvalue weighted by Gasteiger charge is 2.33. The number of rotatable bonds is 2. The predicted molar refractivity (Wildman–Crippen MR) is 99.4 cm³/mol. The number of carbonyl (C=O) groups excluding carboxylic acids is 1. The van der Waals surface area contributed by atoms with Gasteiger partial charge in [-0.2, -0.15) is 0 Å². The summed E-state index contributed by atoms with van der Waals surface area (Å²) in [5, 5.41) is 4.22. The van der Waals surface area contributed by atoms with Gasteiger partial charge in [0.15, 0.2) is 0 Å². The van der Waals surface area contributed by atoms with Crippen LogP contribution in [0, 0.1) is 0 Å². The smallest absolute Gasteiger partial charge is 0.254 e. The maximum absolute atomic E-state index is 13.1. The minimum absolute atomic E-state index is 0.0384. The number of hydrogen-bond donors (Lipinski definition) is 0. The van der Waals surface area contributed by atoms with E-state index in [2.05, 4.69) is 44.9 Å². The fourth-order valence-electron chi connectivity index (χ4n) is 3.08. The van der Waals surface area contributed by atoms with E-state index in [1.807, 2.05) is 29.2 Å².